The molecule has 0 saturated heterocycles. The molecule has 1 aliphatic rings. The number of anilines is 1. The Kier molecular flexibility index (Phi) is 7.16. The van der Waals surface area contributed by atoms with Crippen molar-refractivity contribution < 1.29 is 43.3 Å². The van der Waals surface area contributed by atoms with Crippen LogP contribution in [0.5, 0.6) is 5.75 Å². The van der Waals surface area contributed by atoms with Gasteiger partial charge in [-0.1, -0.05) is 11.6 Å². The van der Waals surface area contributed by atoms with Crippen LogP contribution in [-0.4, -0.2) is 47.9 Å². The summed E-state index contributed by atoms with van der Waals surface area (Å²) in [5.41, 5.74) is -1.13. The van der Waals surface area contributed by atoms with Crippen molar-refractivity contribution in [2.24, 2.45) is 0 Å². The number of imide groups is 1. The zero-order chi connectivity index (χ0) is 21.7. The van der Waals surface area contributed by atoms with Gasteiger partial charge in [-0.05, 0) is 31.7 Å². The molecule has 11 heteroatoms. The first-order valence-electron chi connectivity index (χ1n) is 8.38. The minimum atomic E-state index is -1.82. The number of methoxy groups -OCH3 is 1. The maximum absolute atomic E-state index is 14.5. The number of carbonyl (C=O) groups excluding carboxylic acids is 2. The number of carbonyl (C=O) groups is 4. The molecule has 1 aliphatic carbocycles. The fraction of sp³-hybridized carbons (Fsp3) is 0.333. The molecule has 0 spiro atoms. The van der Waals surface area contributed by atoms with E-state index in [9.17, 15) is 33.8 Å². The van der Waals surface area contributed by atoms with Crippen molar-refractivity contribution >= 4 is 41.2 Å². The molecule has 156 valence electrons. The smallest absolute Gasteiger partial charge is 0.419 e. The number of hydrogen-bond acceptors (Lipinski definition) is 6. The first kappa shape index (κ1) is 22.2. The third-order valence-corrected chi connectivity index (χ3v) is 4.49. The first-order chi connectivity index (χ1) is 13.7. The number of esters is 1. The average molecular weight is 430 g/mol. The first-order valence-corrected chi connectivity index (χ1v) is 8.76. The Labute approximate surface area is 169 Å². The fourth-order valence-corrected chi connectivity index (χ4v) is 3.01. The number of aliphatic carboxylic acids is 1. The maximum atomic E-state index is 14.5. The van der Waals surface area contributed by atoms with E-state index in [0.717, 1.165) is 19.2 Å². The number of amides is 2. The van der Waals surface area contributed by atoms with Crippen LogP contribution in [0.2, 0.25) is 5.02 Å². The lowest BCUT2D eigenvalue weighted by Gasteiger charge is -2.23. The topological polar surface area (TPSA) is 130 Å². The zero-order valence-electron chi connectivity index (χ0n) is 15.2. The van der Waals surface area contributed by atoms with E-state index in [-0.39, 0.29) is 39.7 Å². The molecule has 2 rings (SSSR count). The minimum absolute atomic E-state index is 0.0468. The van der Waals surface area contributed by atoms with Crippen molar-refractivity contribution in [2.45, 2.75) is 25.7 Å². The highest BCUT2D eigenvalue weighted by Gasteiger charge is 2.33. The van der Waals surface area contributed by atoms with Crippen LogP contribution in [-0.2, 0) is 19.1 Å². The minimum Gasteiger partial charge on any atom is -0.480 e. The molecule has 9 nitrogen and oxygen atoms in total. The number of rotatable bonds is 6. The standard InChI is InChI=1S/C18H17ClFNO8/c1-28-15(22)8-29-14-7-13(12(20)6-11(14)19)21(18(26)27)16(23)9-4-2-3-5-10(9)17(24)25/h6-7H,2-5,8H2,1H3,(H,24,25)(H,26,27). The lowest BCUT2D eigenvalue weighted by molar-refractivity contribution is -0.143. The summed E-state index contributed by atoms with van der Waals surface area (Å²) in [4.78, 5) is 47.3. The summed E-state index contributed by atoms with van der Waals surface area (Å²) >= 11 is 5.85. The normalized spacial score (nSPS) is 13.6. The Balaban J connectivity index is 2.49. The van der Waals surface area contributed by atoms with Gasteiger partial charge in [-0.3, -0.25) is 4.79 Å². The van der Waals surface area contributed by atoms with Gasteiger partial charge in [0.2, 0.25) is 0 Å². The molecule has 0 fully saturated rings. The second-order valence-electron chi connectivity index (χ2n) is 5.99. The number of carboxylic acid groups (broad SMARTS) is 2. The summed E-state index contributed by atoms with van der Waals surface area (Å²) in [5, 5.41) is 18.5. The summed E-state index contributed by atoms with van der Waals surface area (Å²) < 4.78 is 24.0. The number of halogens is 2. The predicted molar refractivity (Wildman–Crippen MR) is 97.6 cm³/mol. The van der Waals surface area contributed by atoms with Gasteiger partial charge in [0, 0.05) is 17.2 Å². The van der Waals surface area contributed by atoms with Crippen molar-refractivity contribution in [3.05, 3.63) is 34.1 Å². The highest BCUT2D eigenvalue weighted by molar-refractivity contribution is 6.32. The molecule has 29 heavy (non-hydrogen) atoms. The quantitative estimate of drug-likeness (QED) is 0.660. The van der Waals surface area contributed by atoms with Gasteiger partial charge in [0.25, 0.3) is 5.91 Å². The van der Waals surface area contributed by atoms with E-state index in [0.29, 0.717) is 12.8 Å². The Morgan fingerprint density at radius 1 is 1.14 bits per heavy atom. The zero-order valence-corrected chi connectivity index (χ0v) is 16.0. The lowest BCUT2D eigenvalue weighted by atomic mass is 9.90. The van der Waals surface area contributed by atoms with E-state index in [1.807, 2.05) is 0 Å². The van der Waals surface area contributed by atoms with Gasteiger partial charge < -0.3 is 19.7 Å². The van der Waals surface area contributed by atoms with Crippen molar-refractivity contribution in [1.82, 2.24) is 0 Å². The number of carboxylic acids is 1. The average Bonchev–Trinajstić information content (AvgIpc) is 2.68. The molecule has 0 atom stereocenters. The van der Waals surface area contributed by atoms with Gasteiger partial charge in [0.05, 0.1) is 17.8 Å². The summed E-state index contributed by atoms with van der Waals surface area (Å²) in [7, 11) is 1.12. The highest BCUT2D eigenvalue weighted by Crippen LogP contribution is 2.35. The number of nitrogens with zero attached hydrogens (tertiary/aromatic N) is 1. The Morgan fingerprint density at radius 2 is 1.76 bits per heavy atom. The second kappa shape index (κ2) is 9.37. The summed E-state index contributed by atoms with van der Waals surface area (Å²) in [5.74, 6) is -4.68. The van der Waals surface area contributed by atoms with Crippen LogP contribution in [0.25, 0.3) is 0 Å². The second-order valence-corrected chi connectivity index (χ2v) is 6.40. The number of hydrogen-bond donors (Lipinski definition) is 2. The van der Waals surface area contributed by atoms with E-state index < -0.39 is 42.1 Å². The summed E-state index contributed by atoms with van der Waals surface area (Å²) in [6, 6.07) is 1.57. The Morgan fingerprint density at radius 3 is 2.31 bits per heavy atom. The van der Waals surface area contributed by atoms with Crippen LogP contribution in [0.1, 0.15) is 25.7 Å². The third-order valence-electron chi connectivity index (χ3n) is 4.19. The van der Waals surface area contributed by atoms with E-state index in [1.165, 1.54) is 0 Å². The molecule has 0 radical (unpaired) electrons. The van der Waals surface area contributed by atoms with E-state index in [4.69, 9.17) is 16.3 Å². The van der Waals surface area contributed by atoms with Gasteiger partial charge in [-0.2, -0.15) is 0 Å². The van der Waals surface area contributed by atoms with Crippen LogP contribution in [0.3, 0.4) is 0 Å². The Bertz CT molecular complexity index is 898. The van der Waals surface area contributed by atoms with Crippen molar-refractivity contribution in [1.29, 1.82) is 0 Å². The van der Waals surface area contributed by atoms with Gasteiger partial charge in [-0.25, -0.2) is 23.7 Å². The Hall–Kier alpha value is -3.14. The van der Waals surface area contributed by atoms with Crippen molar-refractivity contribution in [3.63, 3.8) is 0 Å². The molecule has 2 N–H and O–H groups in total. The van der Waals surface area contributed by atoms with Gasteiger partial charge in [0.15, 0.2) is 6.61 Å². The van der Waals surface area contributed by atoms with Crippen LogP contribution < -0.4 is 9.64 Å². The van der Waals surface area contributed by atoms with Crippen molar-refractivity contribution in [2.75, 3.05) is 18.6 Å². The molecule has 0 bridgehead atoms. The number of benzene rings is 1. The van der Waals surface area contributed by atoms with E-state index in [1.54, 1.807) is 0 Å². The van der Waals surface area contributed by atoms with Gasteiger partial charge in [0.1, 0.15) is 11.6 Å². The maximum Gasteiger partial charge on any atom is 0.419 e. The molecule has 0 aromatic heterocycles. The SMILES string of the molecule is COC(=O)COc1cc(N(C(=O)O)C(=O)C2=C(C(=O)O)CCCC2)c(F)cc1Cl. The molecular weight excluding hydrogens is 413 g/mol. The predicted octanol–water partition coefficient (Wildman–Crippen LogP) is 3.00. The van der Waals surface area contributed by atoms with E-state index >= 15 is 0 Å². The summed E-state index contributed by atoms with van der Waals surface area (Å²) in [6.45, 7) is -0.587. The molecule has 1 aromatic carbocycles. The largest absolute Gasteiger partial charge is 0.480 e. The van der Waals surface area contributed by atoms with Gasteiger partial charge >= 0.3 is 18.0 Å². The number of ether oxygens (including phenoxy) is 2. The van der Waals surface area contributed by atoms with Crippen LogP contribution in [0.4, 0.5) is 14.9 Å². The van der Waals surface area contributed by atoms with Crippen molar-refractivity contribution in [3.8, 4) is 5.75 Å². The molecule has 1 aromatic rings. The molecular formula is C18H17ClFNO8. The fourth-order valence-electron chi connectivity index (χ4n) is 2.81. The van der Waals surface area contributed by atoms with Crippen LogP contribution in [0, 0.1) is 5.82 Å². The molecule has 0 saturated carbocycles. The van der Waals surface area contributed by atoms with Crippen LogP contribution in [0.15, 0.2) is 23.3 Å². The van der Waals surface area contributed by atoms with Gasteiger partial charge in [-0.15, -0.1) is 0 Å². The van der Waals surface area contributed by atoms with Crippen LogP contribution >= 0.6 is 11.6 Å². The molecule has 0 aliphatic heterocycles. The van der Waals surface area contributed by atoms with E-state index in [2.05, 4.69) is 4.74 Å². The monoisotopic (exact) mass is 429 g/mol. The lowest BCUT2D eigenvalue weighted by Crippen LogP contribution is -2.38. The molecule has 0 unspecified atom stereocenters. The summed E-state index contributed by atoms with van der Waals surface area (Å²) in [6.07, 6.45) is -0.655. The molecule has 0 heterocycles. The molecule has 2 amide bonds. The highest BCUT2D eigenvalue weighted by atomic mass is 35.5. The third kappa shape index (κ3) is 5.02.